The Morgan fingerprint density at radius 2 is 2.22 bits per heavy atom. The molecule has 4 heteroatoms. The van der Waals surface area contributed by atoms with Gasteiger partial charge in [0.2, 0.25) is 0 Å². The molecule has 0 aromatic carbocycles. The average molecular weight is 188 g/mol. The van der Waals surface area contributed by atoms with Crippen molar-refractivity contribution in [3.05, 3.63) is 10.0 Å². The first-order chi connectivity index (χ1) is 4.09. The van der Waals surface area contributed by atoms with Gasteiger partial charge in [-0.1, -0.05) is 0 Å². The van der Waals surface area contributed by atoms with Crippen molar-refractivity contribution >= 4 is 21.9 Å². The summed E-state index contributed by atoms with van der Waals surface area (Å²) in [6.45, 7) is 1.61. The molecule has 0 saturated carbocycles. The number of hydrogen-bond acceptors (Lipinski definition) is 2. The second kappa shape index (κ2) is 3.29. The van der Waals surface area contributed by atoms with Crippen LogP contribution in [0.5, 0.6) is 0 Å². The third-order valence-corrected chi connectivity index (χ3v) is 1.14. The minimum atomic E-state index is -0.686. The van der Waals surface area contributed by atoms with E-state index in [1.807, 2.05) is 0 Å². The van der Waals surface area contributed by atoms with Gasteiger partial charge in [0.1, 0.15) is 0 Å². The summed E-state index contributed by atoms with van der Waals surface area (Å²) in [6, 6.07) is 1.67. The molecule has 9 heavy (non-hydrogen) atoms. The van der Waals surface area contributed by atoms with Gasteiger partial charge in [0.25, 0.3) is 0 Å². The molecule has 2 N–H and O–H groups in total. The van der Waals surface area contributed by atoms with Crippen LogP contribution in [0.4, 0.5) is 0 Å². The van der Waals surface area contributed by atoms with Gasteiger partial charge in [0.15, 0.2) is 0 Å². The molecule has 0 unspecified atom stereocenters. The quantitative estimate of drug-likeness (QED) is 0.340. The molecule has 0 bridgehead atoms. The topological polar surface area (TPSA) is 66.9 Å². The predicted octanol–water partition coefficient (Wildman–Crippen LogP) is -0.562. The zero-order chi connectivity index (χ0) is 7.44. The molecule has 47 valence electrons. The monoisotopic (exact) mass is 189 g/mol. The molecule has 0 rings (SSSR count). The molecule has 0 aliphatic carbocycles. The number of nitrogens with zero attached hydrogens (tertiary/aromatic N) is 1. The SMILES string of the molecule is CC([Se])=C(C#N)C(N)=O. The van der Waals surface area contributed by atoms with Gasteiger partial charge in [-0.15, -0.1) is 0 Å². The Bertz CT molecular complexity index is 197. The molecule has 3 nitrogen and oxygen atoms in total. The van der Waals surface area contributed by atoms with E-state index in [9.17, 15) is 4.79 Å². The van der Waals surface area contributed by atoms with E-state index in [0.29, 0.717) is 4.47 Å². The fourth-order valence-corrected chi connectivity index (χ4v) is 0.614. The molecule has 1 radical (unpaired) electrons. The van der Waals surface area contributed by atoms with Crippen LogP contribution in [0.3, 0.4) is 0 Å². The summed E-state index contributed by atoms with van der Waals surface area (Å²) in [4.78, 5) is 10.3. The van der Waals surface area contributed by atoms with Crippen molar-refractivity contribution < 1.29 is 4.79 Å². The Hall–Kier alpha value is -0.781. The first kappa shape index (κ1) is 8.22. The summed E-state index contributed by atoms with van der Waals surface area (Å²) < 4.78 is 0.532. The Labute approximate surface area is 61.3 Å². The van der Waals surface area contributed by atoms with Gasteiger partial charge in [-0.3, -0.25) is 0 Å². The van der Waals surface area contributed by atoms with E-state index in [1.165, 1.54) is 0 Å². The van der Waals surface area contributed by atoms with Crippen LogP contribution in [0.2, 0.25) is 0 Å². The summed E-state index contributed by atoms with van der Waals surface area (Å²) >= 11 is 2.53. The number of primary amides is 1. The summed E-state index contributed by atoms with van der Waals surface area (Å²) in [6.07, 6.45) is 0. The van der Waals surface area contributed by atoms with E-state index in [2.05, 4.69) is 16.0 Å². The van der Waals surface area contributed by atoms with Crippen LogP contribution >= 0.6 is 0 Å². The van der Waals surface area contributed by atoms with Crippen molar-refractivity contribution in [2.75, 3.05) is 0 Å². The first-order valence-electron chi connectivity index (χ1n) is 2.17. The summed E-state index contributed by atoms with van der Waals surface area (Å²) in [5, 5.41) is 8.24. The normalized spacial score (nSPS) is 11.6. The number of hydrogen-bond donors (Lipinski definition) is 1. The van der Waals surface area contributed by atoms with Crippen LogP contribution in [0.15, 0.2) is 10.0 Å². The van der Waals surface area contributed by atoms with Gasteiger partial charge in [-0.2, -0.15) is 0 Å². The van der Waals surface area contributed by atoms with Crippen LogP contribution in [0, 0.1) is 11.3 Å². The number of nitrogens with two attached hydrogens (primary N) is 1. The minimum absolute atomic E-state index is 0.00463. The van der Waals surface area contributed by atoms with Crippen molar-refractivity contribution in [3.63, 3.8) is 0 Å². The maximum absolute atomic E-state index is 10.3. The molecule has 0 fully saturated rings. The van der Waals surface area contributed by atoms with E-state index < -0.39 is 5.91 Å². The van der Waals surface area contributed by atoms with Gasteiger partial charge >= 0.3 is 60.7 Å². The molecular formula is C5H5N2OSe. The number of carbonyl (C=O) groups excluding carboxylic acids is 1. The van der Waals surface area contributed by atoms with Crippen LogP contribution in [0.1, 0.15) is 6.92 Å². The molecular weight excluding hydrogens is 183 g/mol. The van der Waals surface area contributed by atoms with E-state index >= 15 is 0 Å². The molecule has 0 aliphatic rings. The third-order valence-electron chi connectivity index (χ3n) is 0.710. The molecule has 0 aromatic rings. The van der Waals surface area contributed by atoms with Crippen molar-refractivity contribution in [1.82, 2.24) is 0 Å². The number of carbonyl (C=O) groups is 1. The number of nitriles is 1. The predicted molar refractivity (Wildman–Crippen MR) is 33.3 cm³/mol. The van der Waals surface area contributed by atoms with Gasteiger partial charge in [0, 0.05) is 0 Å². The molecule has 0 aromatic heterocycles. The summed E-state index contributed by atoms with van der Waals surface area (Å²) in [5.74, 6) is -0.686. The first-order valence-corrected chi connectivity index (χ1v) is 3.03. The average Bonchev–Trinajstić information content (AvgIpc) is 1.64. The van der Waals surface area contributed by atoms with Crippen LogP contribution in [0.25, 0.3) is 0 Å². The van der Waals surface area contributed by atoms with Crippen LogP contribution in [-0.2, 0) is 4.79 Å². The third kappa shape index (κ3) is 2.31. The Morgan fingerprint density at radius 1 is 1.78 bits per heavy atom. The van der Waals surface area contributed by atoms with Gasteiger partial charge in [-0.25, -0.2) is 0 Å². The van der Waals surface area contributed by atoms with E-state index in [4.69, 9.17) is 11.0 Å². The molecule has 0 saturated heterocycles. The van der Waals surface area contributed by atoms with Crippen molar-refractivity contribution in [1.29, 1.82) is 5.26 Å². The Kier molecular flexibility index (Phi) is 3.00. The van der Waals surface area contributed by atoms with Crippen LogP contribution in [-0.4, -0.2) is 21.9 Å². The zero-order valence-electron chi connectivity index (χ0n) is 4.84. The molecule has 0 heterocycles. The number of rotatable bonds is 1. The van der Waals surface area contributed by atoms with E-state index in [1.54, 1.807) is 13.0 Å². The standard InChI is InChI=1S/C5H5N2OSe/c1-3(9)4(2-6)5(7)8/h1H3,(H2,7,8). The molecule has 0 aliphatic heterocycles. The van der Waals surface area contributed by atoms with Crippen LogP contribution < -0.4 is 5.73 Å². The Morgan fingerprint density at radius 3 is 2.22 bits per heavy atom. The fourth-order valence-electron chi connectivity index (χ4n) is 0.307. The zero-order valence-corrected chi connectivity index (χ0v) is 6.55. The molecule has 1 amide bonds. The Balaban J connectivity index is 4.62. The number of allylic oxidation sites excluding steroid dienone is 1. The van der Waals surface area contributed by atoms with E-state index in [-0.39, 0.29) is 5.57 Å². The van der Waals surface area contributed by atoms with E-state index in [0.717, 1.165) is 0 Å². The molecule has 0 spiro atoms. The van der Waals surface area contributed by atoms with Gasteiger partial charge in [-0.05, 0) is 0 Å². The van der Waals surface area contributed by atoms with Gasteiger partial charge in [0.05, 0.1) is 0 Å². The molecule has 0 atom stereocenters. The fraction of sp³-hybridized carbons (Fsp3) is 0.200. The second-order valence-corrected chi connectivity index (χ2v) is 2.69. The van der Waals surface area contributed by atoms with Crippen molar-refractivity contribution in [2.45, 2.75) is 6.92 Å². The second-order valence-electron chi connectivity index (χ2n) is 1.41. The van der Waals surface area contributed by atoms with Crippen molar-refractivity contribution in [2.24, 2.45) is 5.73 Å². The summed E-state index contributed by atoms with van der Waals surface area (Å²) in [5.41, 5.74) is 4.80. The van der Waals surface area contributed by atoms with Crippen molar-refractivity contribution in [3.8, 4) is 6.07 Å². The maximum atomic E-state index is 10.3. The van der Waals surface area contributed by atoms with Gasteiger partial charge < -0.3 is 0 Å². The number of amides is 1. The summed E-state index contributed by atoms with van der Waals surface area (Å²) in [7, 11) is 0.